The first-order valence-electron chi connectivity index (χ1n) is 8.61. The first kappa shape index (κ1) is 17.4. The summed E-state index contributed by atoms with van der Waals surface area (Å²) in [6.45, 7) is 5.65. The third kappa shape index (κ3) is 3.95. The van der Waals surface area contributed by atoms with Crippen LogP contribution in [0.3, 0.4) is 0 Å². The average Bonchev–Trinajstić information content (AvgIpc) is 3.05. The smallest absolute Gasteiger partial charge is 0.253 e. The number of ether oxygens (including phenoxy) is 1. The molecule has 24 heavy (non-hydrogen) atoms. The number of aliphatic hydroxyl groups is 2. The number of amides is 1. The summed E-state index contributed by atoms with van der Waals surface area (Å²) in [6.07, 6.45) is 0. The Balaban J connectivity index is 1.62. The van der Waals surface area contributed by atoms with Crippen LogP contribution in [-0.4, -0.2) is 78.5 Å². The Bertz CT molecular complexity index is 542. The van der Waals surface area contributed by atoms with Crippen LogP contribution in [0.2, 0.25) is 0 Å². The van der Waals surface area contributed by atoms with Gasteiger partial charge in [0, 0.05) is 50.8 Å². The molecule has 2 saturated heterocycles. The lowest BCUT2D eigenvalue weighted by atomic mass is 9.96. The number of aliphatic hydroxyl groups excluding tert-OH is 2. The van der Waals surface area contributed by atoms with E-state index in [0.717, 1.165) is 38.4 Å². The molecule has 132 valence electrons. The zero-order valence-electron chi connectivity index (χ0n) is 13.9. The molecule has 2 heterocycles. The minimum atomic E-state index is -0.0214. The van der Waals surface area contributed by atoms with Crippen molar-refractivity contribution in [3.63, 3.8) is 0 Å². The minimum Gasteiger partial charge on any atom is -0.396 e. The molecule has 2 atom stereocenters. The minimum absolute atomic E-state index is 0.00224. The third-order valence-corrected chi connectivity index (χ3v) is 5.08. The Labute approximate surface area is 142 Å². The van der Waals surface area contributed by atoms with E-state index in [1.54, 1.807) is 24.3 Å². The summed E-state index contributed by atoms with van der Waals surface area (Å²) in [5, 5.41) is 18.8. The zero-order chi connectivity index (χ0) is 16.9. The summed E-state index contributed by atoms with van der Waals surface area (Å²) >= 11 is 0. The van der Waals surface area contributed by atoms with Crippen molar-refractivity contribution in [1.82, 2.24) is 9.80 Å². The quantitative estimate of drug-likeness (QED) is 0.804. The highest BCUT2D eigenvalue weighted by molar-refractivity contribution is 5.94. The van der Waals surface area contributed by atoms with Crippen molar-refractivity contribution >= 4 is 5.91 Å². The number of nitrogens with zero attached hydrogens (tertiary/aromatic N) is 2. The fourth-order valence-corrected chi connectivity index (χ4v) is 3.57. The van der Waals surface area contributed by atoms with Crippen LogP contribution < -0.4 is 0 Å². The van der Waals surface area contributed by atoms with E-state index in [4.69, 9.17) is 9.84 Å². The summed E-state index contributed by atoms with van der Waals surface area (Å²) < 4.78 is 5.38. The van der Waals surface area contributed by atoms with Crippen molar-refractivity contribution in [2.45, 2.75) is 6.61 Å². The molecule has 1 amide bonds. The van der Waals surface area contributed by atoms with Crippen molar-refractivity contribution < 1.29 is 19.7 Å². The van der Waals surface area contributed by atoms with Crippen molar-refractivity contribution in [3.05, 3.63) is 35.4 Å². The molecule has 1 aromatic carbocycles. The van der Waals surface area contributed by atoms with E-state index in [9.17, 15) is 9.90 Å². The van der Waals surface area contributed by atoms with E-state index >= 15 is 0 Å². The number of hydrogen-bond donors (Lipinski definition) is 2. The van der Waals surface area contributed by atoms with Gasteiger partial charge in [-0.1, -0.05) is 12.1 Å². The Morgan fingerprint density at radius 3 is 2.38 bits per heavy atom. The van der Waals surface area contributed by atoms with Gasteiger partial charge in [-0.05, 0) is 23.6 Å². The maximum absolute atomic E-state index is 12.7. The number of hydrogen-bond acceptors (Lipinski definition) is 5. The number of carbonyl (C=O) groups excluding carboxylic acids is 1. The number of carbonyl (C=O) groups is 1. The average molecular weight is 334 g/mol. The molecule has 0 saturated carbocycles. The molecule has 2 aliphatic rings. The molecule has 2 aliphatic heterocycles. The van der Waals surface area contributed by atoms with E-state index in [0.29, 0.717) is 24.6 Å². The molecule has 6 heteroatoms. The van der Waals surface area contributed by atoms with Gasteiger partial charge < -0.3 is 19.8 Å². The standard InChI is InChI=1S/C18H26N2O4/c21-12-14-1-3-15(4-2-14)18(23)20-10-16(17(11-20)13-22)9-19-5-7-24-8-6-19/h1-4,16-17,21-22H,5-13H2/t16-,17-/m1/s1. The summed E-state index contributed by atoms with van der Waals surface area (Å²) in [5.74, 6) is 0.435. The van der Waals surface area contributed by atoms with Crippen molar-refractivity contribution in [2.75, 3.05) is 52.5 Å². The lowest BCUT2D eigenvalue weighted by Crippen LogP contribution is -2.41. The first-order chi connectivity index (χ1) is 11.7. The summed E-state index contributed by atoms with van der Waals surface area (Å²) in [6, 6.07) is 7.07. The van der Waals surface area contributed by atoms with Crippen LogP contribution in [0.1, 0.15) is 15.9 Å². The van der Waals surface area contributed by atoms with Gasteiger partial charge in [0.15, 0.2) is 0 Å². The lowest BCUT2D eigenvalue weighted by molar-refractivity contribution is 0.0264. The van der Waals surface area contributed by atoms with Gasteiger partial charge in [0.05, 0.1) is 19.8 Å². The predicted octanol–water partition coefficient (Wildman–Crippen LogP) is 0.192. The van der Waals surface area contributed by atoms with E-state index in [1.165, 1.54) is 0 Å². The highest BCUT2D eigenvalue weighted by Crippen LogP contribution is 2.26. The van der Waals surface area contributed by atoms with Gasteiger partial charge in [0.1, 0.15) is 0 Å². The zero-order valence-corrected chi connectivity index (χ0v) is 13.9. The van der Waals surface area contributed by atoms with Crippen LogP contribution >= 0.6 is 0 Å². The molecule has 1 aromatic rings. The number of rotatable bonds is 5. The predicted molar refractivity (Wildman–Crippen MR) is 89.6 cm³/mol. The summed E-state index contributed by atoms with van der Waals surface area (Å²) in [5.41, 5.74) is 1.43. The number of benzene rings is 1. The maximum Gasteiger partial charge on any atom is 0.253 e. The highest BCUT2D eigenvalue weighted by atomic mass is 16.5. The number of likely N-dealkylation sites (tertiary alicyclic amines) is 1. The topological polar surface area (TPSA) is 73.2 Å². The molecule has 6 nitrogen and oxygen atoms in total. The van der Waals surface area contributed by atoms with E-state index in [-0.39, 0.29) is 25.0 Å². The van der Waals surface area contributed by atoms with Gasteiger partial charge in [-0.2, -0.15) is 0 Å². The molecule has 0 aromatic heterocycles. The normalized spacial score (nSPS) is 25.2. The monoisotopic (exact) mass is 334 g/mol. The van der Waals surface area contributed by atoms with Crippen LogP contribution in [0, 0.1) is 11.8 Å². The van der Waals surface area contributed by atoms with Gasteiger partial charge in [0.25, 0.3) is 5.91 Å². The Morgan fingerprint density at radius 2 is 1.75 bits per heavy atom. The molecule has 0 bridgehead atoms. The van der Waals surface area contributed by atoms with Crippen molar-refractivity contribution in [1.29, 1.82) is 0 Å². The Morgan fingerprint density at radius 1 is 1.08 bits per heavy atom. The molecule has 0 aliphatic carbocycles. The molecular formula is C18H26N2O4. The van der Waals surface area contributed by atoms with Gasteiger partial charge in [-0.15, -0.1) is 0 Å². The van der Waals surface area contributed by atoms with Gasteiger partial charge in [0.2, 0.25) is 0 Å². The van der Waals surface area contributed by atoms with Crippen LogP contribution in [0.5, 0.6) is 0 Å². The fourth-order valence-electron chi connectivity index (χ4n) is 3.57. The van der Waals surface area contributed by atoms with Crippen LogP contribution in [0.25, 0.3) is 0 Å². The van der Waals surface area contributed by atoms with Crippen molar-refractivity contribution in [3.8, 4) is 0 Å². The largest absolute Gasteiger partial charge is 0.396 e. The van der Waals surface area contributed by atoms with Crippen LogP contribution in [-0.2, 0) is 11.3 Å². The third-order valence-electron chi connectivity index (χ3n) is 5.08. The Hall–Kier alpha value is -1.47. The van der Waals surface area contributed by atoms with Crippen LogP contribution in [0.4, 0.5) is 0 Å². The second-order valence-electron chi connectivity index (χ2n) is 6.68. The Kier molecular flexibility index (Phi) is 5.84. The van der Waals surface area contributed by atoms with E-state index < -0.39 is 0 Å². The highest BCUT2D eigenvalue weighted by Gasteiger charge is 2.36. The maximum atomic E-state index is 12.7. The second-order valence-corrected chi connectivity index (χ2v) is 6.68. The summed E-state index contributed by atoms with van der Waals surface area (Å²) in [7, 11) is 0. The van der Waals surface area contributed by atoms with E-state index in [2.05, 4.69) is 4.90 Å². The molecule has 3 rings (SSSR count). The fraction of sp³-hybridized carbons (Fsp3) is 0.611. The molecular weight excluding hydrogens is 308 g/mol. The van der Waals surface area contributed by atoms with Gasteiger partial charge in [-0.25, -0.2) is 0 Å². The molecule has 2 fully saturated rings. The first-order valence-corrected chi connectivity index (χ1v) is 8.61. The molecule has 0 unspecified atom stereocenters. The molecule has 0 spiro atoms. The van der Waals surface area contributed by atoms with Crippen LogP contribution in [0.15, 0.2) is 24.3 Å². The van der Waals surface area contributed by atoms with Crippen molar-refractivity contribution in [2.24, 2.45) is 11.8 Å². The SMILES string of the molecule is O=C(c1ccc(CO)cc1)N1C[C@@H](CN2CCOCC2)[C@@H](CO)C1. The van der Waals surface area contributed by atoms with E-state index in [1.807, 2.05) is 4.90 Å². The summed E-state index contributed by atoms with van der Waals surface area (Å²) in [4.78, 5) is 16.9. The second kappa shape index (κ2) is 8.07. The lowest BCUT2D eigenvalue weighted by Gasteiger charge is -2.30. The van der Waals surface area contributed by atoms with Gasteiger partial charge >= 0.3 is 0 Å². The number of morpholine rings is 1. The molecule has 2 N–H and O–H groups in total. The molecule has 0 radical (unpaired) electrons. The van der Waals surface area contributed by atoms with Gasteiger partial charge in [-0.3, -0.25) is 9.69 Å².